The summed E-state index contributed by atoms with van der Waals surface area (Å²) in [6.45, 7) is 0.153. The molecule has 0 radical (unpaired) electrons. The molecule has 1 aromatic heterocycles. The van der Waals surface area contributed by atoms with Crippen molar-refractivity contribution in [2.75, 3.05) is 6.61 Å². The summed E-state index contributed by atoms with van der Waals surface area (Å²) in [6.07, 6.45) is 1.40. The normalized spacial score (nSPS) is 10.2. The fraction of sp³-hybridized carbons (Fsp3) is 0.429. The van der Waals surface area contributed by atoms with Crippen molar-refractivity contribution < 1.29 is 19.9 Å². The fourth-order valence-electron chi connectivity index (χ4n) is 1.04. The number of carbonyl (C=O) groups is 1. The third kappa shape index (κ3) is 2.50. The average molecular weight is 215 g/mol. The van der Waals surface area contributed by atoms with Gasteiger partial charge in [0.05, 0.1) is 4.92 Å². The molecule has 8 heteroatoms. The van der Waals surface area contributed by atoms with Crippen LogP contribution in [-0.2, 0) is 6.54 Å². The predicted molar refractivity (Wildman–Crippen MR) is 47.5 cm³/mol. The third-order valence-corrected chi connectivity index (χ3v) is 1.69. The molecule has 0 bridgehead atoms. The smallest absolute Gasteiger partial charge is 0.363 e. The Morgan fingerprint density at radius 1 is 1.67 bits per heavy atom. The number of rotatable bonds is 5. The summed E-state index contributed by atoms with van der Waals surface area (Å²) >= 11 is 0. The van der Waals surface area contributed by atoms with E-state index in [1.54, 1.807) is 0 Å². The first kappa shape index (κ1) is 11.1. The van der Waals surface area contributed by atoms with Crippen molar-refractivity contribution in [1.29, 1.82) is 0 Å². The van der Waals surface area contributed by atoms with Gasteiger partial charge in [-0.25, -0.2) is 4.79 Å². The van der Waals surface area contributed by atoms with E-state index in [9.17, 15) is 14.9 Å². The molecule has 0 aliphatic heterocycles. The number of aromatic carboxylic acids is 1. The van der Waals surface area contributed by atoms with Crippen LogP contribution in [0.5, 0.6) is 0 Å². The van der Waals surface area contributed by atoms with Gasteiger partial charge in [0.15, 0.2) is 0 Å². The first-order chi connectivity index (χ1) is 7.06. The molecule has 0 unspecified atom stereocenters. The molecular formula is C7H9N3O5. The van der Waals surface area contributed by atoms with Crippen molar-refractivity contribution in [1.82, 2.24) is 9.78 Å². The molecule has 8 nitrogen and oxygen atoms in total. The molecule has 2 N–H and O–H groups in total. The van der Waals surface area contributed by atoms with E-state index in [1.807, 2.05) is 0 Å². The van der Waals surface area contributed by atoms with E-state index in [2.05, 4.69) is 5.10 Å². The molecule has 0 aliphatic rings. The Hall–Kier alpha value is -1.96. The minimum Gasteiger partial charge on any atom is -0.476 e. The number of aromatic nitrogens is 2. The summed E-state index contributed by atoms with van der Waals surface area (Å²) in [7, 11) is 0. The van der Waals surface area contributed by atoms with Crippen LogP contribution in [0.2, 0.25) is 0 Å². The number of carboxylic acids is 1. The lowest BCUT2D eigenvalue weighted by Crippen LogP contribution is -2.04. The summed E-state index contributed by atoms with van der Waals surface area (Å²) in [6, 6.07) is 0. The van der Waals surface area contributed by atoms with Crippen molar-refractivity contribution in [3.63, 3.8) is 0 Å². The minimum atomic E-state index is -1.44. The molecule has 82 valence electrons. The summed E-state index contributed by atoms with van der Waals surface area (Å²) in [4.78, 5) is 20.2. The van der Waals surface area contributed by atoms with Gasteiger partial charge >= 0.3 is 11.7 Å². The Kier molecular flexibility index (Phi) is 3.34. The van der Waals surface area contributed by atoms with Crippen LogP contribution in [-0.4, -0.2) is 37.5 Å². The van der Waals surface area contributed by atoms with Gasteiger partial charge in [-0.1, -0.05) is 0 Å². The Labute approximate surface area is 83.9 Å². The predicted octanol–water partition coefficient (Wildman–Crippen LogP) is -0.128. The summed E-state index contributed by atoms with van der Waals surface area (Å²) in [5.41, 5.74) is -1.13. The number of aliphatic hydroxyl groups is 1. The van der Waals surface area contributed by atoms with Crippen molar-refractivity contribution in [2.24, 2.45) is 0 Å². The summed E-state index contributed by atoms with van der Waals surface area (Å²) in [5.74, 6) is -1.44. The SMILES string of the molecule is O=C(O)c1nn(CCCO)cc1[N+](=O)[O-]. The van der Waals surface area contributed by atoms with E-state index < -0.39 is 22.3 Å². The molecular weight excluding hydrogens is 206 g/mol. The highest BCUT2D eigenvalue weighted by atomic mass is 16.6. The molecule has 15 heavy (non-hydrogen) atoms. The second kappa shape index (κ2) is 4.51. The molecule has 0 atom stereocenters. The Morgan fingerprint density at radius 3 is 2.73 bits per heavy atom. The highest BCUT2D eigenvalue weighted by molar-refractivity contribution is 5.89. The van der Waals surface area contributed by atoms with Gasteiger partial charge in [-0.05, 0) is 6.42 Å². The van der Waals surface area contributed by atoms with Crippen LogP contribution in [0.1, 0.15) is 16.9 Å². The second-order valence-corrected chi connectivity index (χ2v) is 2.77. The topological polar surface area (TPSA) is 118 Å². The van der Waals surface area contributed by atoms with Gasteiger partial charge in [0.2, 0.25) is 5.69 Å². The van der Waals surface area contributed by atoms with Gasteiger partial charge in [0.1, 0.15) is 6.20 Å². The Balaban J connectivity index is 2.98. The largest absolute Gasteiger partial charge is 0.476 e. The monoisotopic (exact) mass is 215 g/mol. The molecule has 1 heterocycles. The number of aryl methyl sites for hydroxylation is 1. The van der Waals surface area contributed by atoms with E-state index in [1.165, 1.54) is 0 Å². The van der Waals surface area contributed by atoms with Crippen molar-refractivity contribution in [3.8, 4) is 0 Å². The van der Waals surface area contributed by atoms with Crippen LogP contribution in [0, 0.1) is 10.1 Å². The van der Waals surface area contributed by atoms with Crippen molar-refractivity contribution >= 4 is 11.7 Å². The van der Waals surface area contributed by atoms with Gasteiger partial charge < -0.3 is 10.2 Å². The lowest BCUT2D eigenvalue weighted by Gasteiger charge is -1.95. The van der Waals surface area contributed by atoms with Gasteiger partial charge in [0, 0.05) is 13.2 Å². The van der Waals surface area contributed by atoms with E-state index >= 15 is 0 Å². The standard InChI is InChI=1S/C7H9N3O5/c11-3-1-2-9-4-5(10(14)15)6(8-9)7(12)13/h4,11H,1-3H2,(H,12,13). The van der Waals surface area contributed by atoms with Crippen LogP contribution in [0.15, 0.2) is 6.20 Å². The average Bonchev–Trinajstić information content (AvgIpc) is 2.58. The highest BCUT2D eigenvalue weighted by Crippen LogP contribution is 2.16. The molecule has 0 aliphatic carbocycles. The molecule has 0 amide bonds. The maximum Gasteiger partial charge on any atom is 0.363 e. The zero-order chi connectivity index (χ0) is 11.4. The maximum atomic E-state index is 10.6. The van der Waals surface area contributed by atoms with Gasteiger partial charge in [0.25, 0.3) is 0 Å². The molecule has 1 aromatic rings. The van der Waals surface area contributed by atoms with Crippen LogP contribution >= 0.6 is 0 Å². The third-order valence-electron chi connectivity index (χ3n) is 1.69. The first-order valence-corrected chi connectivity index (χ1v) is 4.12. The van der Waals surface area contributed by atoms with Gasteiger partial charge in [-0.15, -0.1) is 0 Å². The lowest BCUT2D eigenvalue weighted by atomic mass is 10.4. The first-order valence-electron chi connectivity index (χ1n) is 4.12. The number of hydrogen-bond donors (Lipinski definition) is 2. The van der Waals surface area contributed by atoms with E-state index in [0.717, 1.165) is 10.9 Å². The molecule has 0 aromatic carbocycles. The lowest BCUT2D eigenvalue weighted by molar-refractivity contribution is -0.385. The minimum absolute atomic E-state index is 0.0872. The molecule has 1 rings (SSSR count). The van der Waals surface area contributed by atoms with Crippen molar-refractivity contribution in [2.45, 2.75) is 13.0 Å². The number of hydrogen-bond acceptors (Lipinski definition) is 5. The van der Waals surface area contributed by atoms with E-state index in [-0.39, 0.29) is 13.2 Å². The van der Waals surface area contributed by atoms with Crippen LogP contribution in [0.4, 0.5) is 5.69 Å². The molecule has 0 saturated carbocycles. The number of nitrogens with zero attached hydrogens (tertiary/aromatic N) is 3. The zero-order valence-electron chi connectivity index (χ0n) is 7.66. The van der Waals surface area contributed by atoms with Gasteiger partial charge in [-0.3, -0.25) is 14.8 Å². The molecule has 0 saturated heterocycles. The quantitative estimate of drug-likeness (QED) is 0.521. The summed E-state index contributed by atoms with van der Waals surface area (Å²) in [5, 5.41) is 31.1. The maximum absolute atomic E-state index is 10.6. The Bertz CT molecular complexity index is 354. The summed E-state index contributed by atoms with van der Waals surface area (Å²) < 4.78 is 1.14. The van der Waals surface area contributed by atoms with E-state index in [4.69, 9.17) is 10.2 Å². The zero-order valence-corrected chi connectivity index (χ0v) is 7.66. The van der Waals surface area contributed by atoms with Crippen LogP contribution in [0.25, 0.3) is 0 Å². The van der Waals surface area contributed by atoms with E-state index in [0.29, 0.717) is 6.42 Å². The second-order valence-electron chi connectivity index (χ2n) is 2.77. The Morgan fingerprint density at radius 2 is 2.33 bits per heavy atom. The van der Waals surface area contributed by atoms with Crippen molar-refractivity contribution in [3.05, 3.63) is 22.0 Å². The van der Waals surface area contributed by atoms with Crippen LogP contribution < -0.4 is 0 Å². The number of nitro groups is 1. The molecule has 0 spiro atoms. The van der Waals surface area contributed by atoms with Crippen LogP contribution in [0.3, 0.4) is 0 Å². The fourth-order valence-corrected chi connectivity index (χ4v) is 1.04. The van der Waals surface area contributed by atoms with Gasteiger partial charge in [-0.2, -0.15) is 5.10 Å². The number of carboxylic acid groups (broad SMARTS) is 1. The molecule has 0 fully saturated rings. The number of aliphatic hydroxyl groups excluding tert-OH is 1. The highest BCUT2D eigenvalue weighted by Gasteiger charge is 2.24.